The third kappa shape index (κ3) is 3.75. The summed E-state index contributed by atoms with van der Waals surface area (Å²) in [5.74, 6) is -0.00278. The highest BCUT2D eigenvalue weighted by atomic mass is 35.5. The van der Waals surface area contributed by atoms with Gasteiger partial charge in [0, 0.05) is 24.3 Å². The first-order chi connectivity index (χ1) is 9.70. The van der Waals surface area contributed by atoms with Crippen LogP contribution in [0.2, 0.25) is 5.02 Å². The summed E-state index contributed by atoms with van der Waals surface area (Å²) in [7, 11) is 1.64. The zero-order valence-electron chi connectivity index (χ0n) is 11.3. The Balaban J connectivity index is 2.10. The van der Waals surface area contributed by atoms with E-state index >= 15 is 0 Å². The van der Waals surface area contributed by atoms with Gasteiger partial charge in [0.1, 0.15) is 0 Å². The van der Waals surface area contributed by atoms with E-state index in [1.54, 1.807) is 7.05 Å². The first kappa shape index (κ1) is 14.4. The zero-order valence-corrected chi connectivity index (χ0v) is 12.1. The average Bonchev–Trinajstić information content (AvgIpc) is 2.47. The molecule has 2 rings (SSSR count). The van der Waals surface area contributed by atoms with E-state index in [0.29, 0.717) is 13.0 Å². The number of anilines is 1. The number of para-hydroxylation sites is 1. The highest BCUT2D eigenvalue weighted by molar-refractivity contribution is 6.31. The summed E-state index contributed by atoms with van der Waals surface area (Å²) < 4.78 is 0. The molecule has 0 atom stereocenters. The Hall–Kier alpha value is -2.00. The lowest BCUT2D eigenvalue weighted by molar-refractivity contribution is -0.119. The minimum atomic E-state index is -0.00278. The summed E-state index contributed by atoms with van der Waals surface area (Å²) in [6.07, 6.45) is 0.363. The highest BCUT2D eigenvalue weighted by Gasteiger charge is 2.06. The minimum Gasteiger partial charge on any atom is -0.381 e. The second-order valence-corrected chi connectivity index (χ2v) is 4.86. The molecule has 0 aliphatic rings. The molecule has 20 heavy (non-hydrogen) atoms. The Morgan fingerprint density at radius 3 is 2.40 bits per heavy atom. The van der Waals surface area contributed by atoms with Crippen molar-refractivity contribution in [1.29, 1.82) is 0 Å². The van der Waals surface area contributed by atoms with Crippen LogP contribution in [-0.4, -0.2) is 13.0 Å². The molecule has 3 nitrogen and oxygen atoms in total. The summed E-state index contributed by atoms with van der Waals surface area (Å²) in [5, 5.41) is 6.71. The molecule has 0 aliphatic carbocycles. The zero-order chi connectivity index (χ0) is 14.4. The van der Waals surface area contributed by atoms with Crippen molar-refractivity contribution in [2.45, 2.75) is 13.0 Å². The molecule has 0 aromatic heterocycles. The Labute approximate surface area is 124 Å². The third-order valence-electron chi connectivity index (χ3n) is 3.07. The van der Waals surface area contributed by atoms with Crippen LogP contribution < -0.4 is 10.6 Å². The lowest BCUT2D eigenvalue weighted by atomic mass is 10.1. The number of likely N-dealkylation sites (N-methyl/N-ethyl adjacent to an activating group) is 1. The fourth-order valence-electron chi connectivity index (χ4n) is 1.94. The van der Waals surface area contributed by atoms with Gasteiger partial charge in [-0.2, -0.15) is 0 Å². The number of hydrogen-bond acceptors (Lipinski definition) is 2. The molecule has 104 valence electrons. The molecule has 0 spiro atoms. The number of benzene rings is 2. The Morgan fingerprint density at radius 2 is 1.70 bits per heavy atom. The first-order valence-corrected chi connectivity index (χ1v) is 6.84. The standard InChI is InChI=1S/C16H17ClN2O/c1-18-16(20)10-12-6-3-5-9-15(12)19-11-13-7-2-4-8-14(13)17/h2-9,19H,10-11H2,1H3,(H,18,20). The largest absolute Gasteiger partial charge is 0.381 e. The summed E-state index contributed by atoms with van der Waals surface area (Å²) in [6.45, 7) is 0.629. The molecular formula is C16H17ClN2O. The molecule has 0 aliphatic heterocycles. The number of rotatable bonds is 5. The van der Waals surface area contributed by atoms with Crippen LogP contribution in [0.3, 0.4) is 0 Å². The van der Waals surface area contributed by atoms with Crippen LogP contribution in [0.4, 0.5) is 5.69 Å². The van der Waals surface area contributed by atoms with E-state index in [-0.39, 0.29) is 5.91 Å². The molecule has 0 heterocycles. The van der Waals surface area contributed by atoms with E-state index in [4.69, 9.17) is 11.6 Å². The van der Waals surface area contributed by atoms with Gasteiger partial charge in [0.2, 0.25) is 5.91 Å². The van der Waals surface area contributed by atoms with Crippen molar-refractivity contribution in [1.82, 2.24) is 5.32 Å². The molecule has 1 amide bonds. The predicted octanol–water partition coefficient (Wildman–Crippen LogP) is 3.24. The van der Waals surface area contributed by atoms with Gasteiger partial charge in [0.05, 0.1) is 6.42 Å². The fourth-order valence-corrected chi connectivity index (χ4v) is 2.14. The molecule has 2 aromatic rings. The van der Waals surface area contributed by atoms with Crippen molar-refractivity contribution < 1.29 is 4.79 Å². The van der Waals surface area contributed by atoms with Crippen LogP contribution in [0.15, 0.2) is 48.5 Å². The van der Waals surface area contributed by atoms with Crippen LogP contribution in [0.25, 0.3) is 0 Å². The third-order valence-corrected chi connectivity index (χ3v) is 3.44. The molecule has 2 aromatic carbocycles. The lowest BCUT2D eigenvalue weighted by Gasteiger charge is -2.12. The van der Waals surface area contributed by atoms with Gasteiger partial charge in [-0.3, -0.25) is 4.79 Å². The van der Waals surface area contributed by atoms with E-state index in [9.17, 15) is 4.79 Å². The number of hydrogen-bond donors (Lipinski definition) is 2. The van der Waals surface area contributed by atoms with E-state index < -0.39 is 0 Å². The van der Waals surface area contributed by atoms with Crippen LogP contribution in [-0.2, 0) is 17.8 Å². The molecule has 4 heteroatoms. The molecule has 0 bridgehead atoms. The van der Waals surface area contributed by atoms with Crippen molar-refractivity contribution in [3.8, 4) is 0 Å². The molecule has 0 unspecified atom stereocenters. The second-order valence-electron chi connectivity index (χ2n) is 4.45. The van der Waals surface area contributed by atoms with Gasteiger partial charge >= 0.3 is 0 Å². The number of carbonyl (C=O) groups excluding carboxylic acids is 1. The average molecular weight is 289 g/mol. The Kier molecular flexibility index (Phi) is 5.02. The smallest absolute Gasteiger partial charge is 0.224 e. The van der Waals surface area contributed by atoms with Crippen molar-refractivity contribution >= 4 is 23.2 Å². The first-order valence-electron chi connectivity index (χ1n) is 6.46. The normalized spacial score (nSPS) is 10.1. The van der Waals surface area contributed by atoms with E-state index in [1.807, 2.05) is 48.5 Å². The molecule has 0 radical (unpaired) electrons. The maximum atomic E-state index is 11.5. The maximum absolute atomic E-state index is 11.5. The summed E-state index contributed by atoms with van der Waals surface area (Å²) >= 11 is 6.13. The van der Waals surface area contributed by atoms with Gasteiger partial charge in [-0.15, -0.1) is 0 Å². The molecular weight excluding hydrogens is 272 g/mol. The van der Waals surface area contributed by atoms with Crippen molar-refractivity contribution in [3.05, 3.63) is 64.7 Å². The van der Waals surface area contributed by atoms with Crippen LogP contribution in [0.5, 0.6) is 0 Å². The Morgan fingerprint density at radius 1 is 1.05 bits per heavy atom. The molecule has 2 N–H and O–H groups in total. The number of carbonyl (C=O) groups is 1. The van der Waals surface area contributed by atoms with Crippen molar-refractivity contribution in [2.24, 2.45) is 0 Å². The predicted molar refractivity (Wildman–Crippen MR) is 83.0 cm³/mol. The van der Waals surface area contributed by atoms with E-state index in [2.05, 4.69) is 10.6 Å². The monoisotopic (exact) mass is 288 g/mol. The fraction of sp³-hybridized carbons (Fsp3) is 0.188. The second kappa shape index (κ2) is 6.96. The number of amides is 1. The molecule has 0 saturated heterocycles. The minimum absolute atomic E-state index is 0.00278. The summed E-state index contributed by atoms with van der Waals surface area (Å²) in [5.41, 5.74) is 2.96. The quantitative estimate of drug-likeness (QED) is 0.887. The van der Waals surface area contributed by atoms with Gasteiger partial charge in [-0.25, -0.2) is 0 Å². The summed E-state index contributed by atoms with van der Waals surface area (Å²) in [4.78, 5) is 11.5. The maximum Gasteiger partial charge on any atom is 0.224 e. The lowest BCUT2D eigenvalue weighted by Crippen LogP contribution is -2.20. The molecule has 0 saturated carbocycles. The topological polar surface area (TPSA) is 41.1 Å². The van der Waals surface area contributed by atoms with Gasteiger partial charge in [0.15, 0.2) is 0 Å². The molecule has 0 fully saturated rings. The van der Waals surface area contributed by atoms with Gasteiger partial charge in [0.25, 0.3) is 0 Å². The Bertz CT molecular complexity index is 599. The van der Waals surface area contributed by atoms with Crippen LogP contribution in [0, 0.1) is 0 Å². The van der Waals surface area contributed by atoms with Crippen LogP contribution >= 0.6 is 11.6 Å². The van der Waals surface area contributed by atoms with E-state index in [0.717, 1.165) is 21.8 Å². The van der Waals surface area contributed by atoms with Gasteiger partial charge < -0.3 is 10.6 Å². The van der Waals surface area contributed by atoms with Crippen molar-refractivity contribution in [3.63, 3.8) is 0 Å². The van der Waals surface area contributed by atoms with Gasteiger partial charge in [-0.1, -0.05) is 48.0 Å². The van der Waals surface area contributed by atoms with E-state index in [1.165, 1.54) is 0 Å². The number of halogens is 1. The highest BCUT2D eigenvalue weighted by Crippen LogP contribution is 2.20. The SMILES string of the molecule is CNC(=O)Cc1ccccc1NCc1ccccc1Cl. The summed E-state index contributed by atoms with van der Waals surface area (Å²) in [6, 6.07) is 15.5. The van der Waals surface area contributed by atoms with Gasteiger partial charge in [-0.05, 0) is 23.3 Å². The van der Waals surface area contributed by atoms with Crippen molar-refractivity contribution in [2.75, 3.05) is 12.4 Å². The van der Waals surface area contributed by atoms with Crippen LogP contribution in [0.1, 0.15) is 11.1 Å². The number of nitrogens with one attached hydrogen (secondary N) is 2.